The molecule has 2 rings (SSSR count). The van der Waals surface area contributed by atoms with E-state index in [0.717, 1.165) is 22.8 Å². The van der Waals surface area contributed by atoms with E-state index in [1.54, 1.807) is 18.2 Å². The molecule has 0 fully saturated rings. The van der Waals surface area contributed by atoms with Crippen LogP contribution in [-0.4, -0.2) is 6.86 Å². The third-order valence-corrected chi connectivity index (χ3v) is 2.87. The van der Waals surface area contributed by atoms with Crippen LogP contribution in [0.4, 0.5) is 10.1 Å². The van der Waals surface area contributed by atoms with Crippen molar-refractivity contribution in [3.05, 3.63) is 35.4 Å². The van der Waals surface area contributed by atoms with E-state index in [9.17, 15) is 4.39 Å². The van der Waals surface area contributed by atoms with Crippen LogP contribution in [0, 0.1) is 11.3 Å². The minimum atomic E-state index is -0.957. The van der Waals surface area contributed by atoms with Crippen LogP contribution in [0.2, 0.25) is 0 Å². The molecule has 0 aromatic heterocycles. The van der Waals surface area contributed by atoms with Crippen LogP contribution in [0.25, 0.3) is 10.8 Å². The highest BCUT2D eigenvalue weighted by Crippen LogP contribution is 2.34. The van der Waals surface area contributed by atoms with Gasteiger partial charge in [-0.25, -0.2) is 4.39 Å². The quantitative estimate of drug-likeness (QED) is 0.854. The van der Waals surface area contributed by atoms with E-state index in [1.807, 2.05) is 32.9 Å². The van der Waals surface area contributed by atoms with Gasteiger partial charge >= 0.3 is 0 Å². The van der Waals surface area contributed by atoms with Crippen LogP contribution in [0.15, 0.2) is 24.3 Å². The number of nitriles is 1. The van der Waals surface area contributed by atoms with E-state index < -0.39 is 6.86 Å². The van der Waals surface area contributed by atoms with Crippen molar-refractivity contribution in [2.75, 3.05) is 12.6 Å². The summed E-state index contributed by atoms with van der Waals surface area (Å²) in [6.07, 6.45) is 0.735. The number of halogens is 1. The number of ether oxygens (including phenoxy) is 1. The van der Waals surface area contributed by atoms with Gasteiger partial charge in [0.1, 0.15) is 11.8 Å². The van der Waals surface area contributed by atoms with Crippen LogP contribution in [0.1, 0.15) is 31.9 Å². The Morgan fingerprint density at radius 2 is 2.00 bits per heavy atom. The molecular formula is C16H19FN2O. The van der Waals surface area contributed by atoms with Gasteiger partial charge in [0.2, 0.25) is 6.86 Å². The molecule has 0 unspecified atom stereocenters. The minimum absolute atomic E-state index is 0.300. The van der Waals surface area contributed by atoms with Gasteiger partial charge in [-0.1, -0.05) is 26.8 Å². The van der Waals surface area contributed by atoms with Crippen LogP contribution in [-0.2, 0) is 6.42 Å². The Labute approximate surface area is 118 Å². The number of hydrogen-bond acceptors (Lipinski definition) is 3. The molecular weight excluding hydrogens is 255 g/mol. The summed E-state index contributed by atoms with van der Waals surface area (Å²) >= 11 is 0. The van der Waals surface area contributed by atoms with Gasteiger partial charge in [0, 0.05) is 11.1 Å². The van der Waals surface area contributed by atoms with Gasteiger partial charge in [0.25, 0.3) is 0 Å². The molecule has 2 aromatic rings. The lowest BCUT2D eigenvalue weighted by Gasteiger charge is -2.12. The molecule has 0 saturated heterocycles. The summed E-state index contributed by atoms with van der Waals surface area (Å²) in [5, 5.41) is 10.7. The van der Waals surface area contributed by atoms with E-state index in [2.05, 4.69) is 0 Å². The standard InChI is InChI=1S/C14H13FN2O.C2H6/c1-2-9-5-12(17)6-10-3-4-11(7-16)14(13(9)10)18-8-15;1-2/h3-6H,2,8,17H2,1H3;1-2H3. The van der Waals surface area contributed by atoms with Crippen molar-refractivity contribution < 1.29 is 9.13 Å². The molecule has 106 valence electrons. The molecule has 2 N–H and O–H groups in total. The maximum Gasteiger partial charge on any atom is 0.228 e. The number of nitrogens with two attached hydrogens (primary N) is 1. The number of benzene rings is 2. The van der Waals surface area contributed by atoms with E-state index in [-0.39, 0.29) is 0 Å². The fraction of sp³-hybridized carbons (Fsp3) is 0.312. The second-order valence-corrected chi connectivity index (χ2v) is 3.94. The summed E-state index contributed by atoms with van der Waals surface area (Å²) in [6.45, 7) is 5.02. The van der Waals surface area contributed by atoms with Gasteiger partial charge in [0.15, 0.2) is 0 Å². The number of aryl methyl sites for hydroxylation is 1. The molecule has 0 aliphatic rings. The highest BCUT2D eigenvalue weighted by atomic mass is 19.1. The maximum absolute atomic E-state index is 12.5. The molecule has 0 aliphatic heterocycles. The molecule has 0 spiro atoms. The van der Waals surface area contributed by atoms with Gasteiger partial charge in [-0.2, -0.15) is 5.26 Å². The topological polar surface area (TPSA) is 59.0 Å². The zero-order valence-corrected chi connectivity index (χ0v) is 12.0. The number of rotatable bonds is 3. The van der Waals surface area contributed by atoms with E-state index in [4.69, 9.17) is 15.7 Å². The summed E-state index contributed by atoms with van der Waals surface area (Å²) in [6, 6.07) is 9.05. The normalized spacial score (nSPS) is 9.55. The molecule has 0 saturated carbocycles. The number of fused-ring (bicyclic) bond motifs is 1. The zero-order chi connectivity index (χ0) is 15.1. The number of alkyl halides is 1. The van der Waals surface area contributed by atoms with E-state index in [0.29, 0.717) is 17.0 Å². The molecule has 3 nitrogen and oxygen atoms in total. The maximum atomic E-state index is 12.5. The molecule has 0 atom stereocenters. The molecule has 0 aliphatic carbocycles. The average molecular weight is 274 g/mol. The summed E-state index contributed by atoms with van der Waals surface area (Å²) < 4.78 is 17.5. The Morgan fingerprint density at radius 3 is 2.55 bits per heavy atom. The second kappa shape index (κ2) is 7.34. The third kappa shape index (κ3) is 3.00. The summed E-state index contributed by atoms with van der Waals surface area (Å²) in [7, 11) is 0. The largest absolute Gasteiger partial charge is 0.461 e. The molecule has 2 aromatic carbocycles. The Morgan fingerprint density at radius 1 is 1.30 bits per heavy atom. The highest BCUT2D eigenvalue weighted by molar-refractivity contribution is 5.95. The first-order valence-electron chi connectivity index (χ1n) is 6.65. The first-order valence-corrected chi connectivity index (χ1v) is 6.65. The predicted octanol–water partition coefficient (Wildman–Crippen LogP) is 4.19. The Bertz CT molecular complexity index is 632. The van der Waals surface area contributed by atoms with Crippen molar-refractivity contribution >= 4 is 16.5 Å². The van der Waals surface area contributed by atoms with Gasteiger partial charge in [-0.15, -0.1) is 0 Å². The van der Waals surface area contributed by atoms with Crippen LogP contribution < -0.4 is 10.5 Å². The van der Waals surface area contributed by atoms with Crippen molar-refractivity contribution in [2.24, 2.45) is 0 Å². The SMILES string of the molecule is CC.CCc1cc(N)cc2ccc(C#N)c(OCF)c12. The number of anilines is 1. The predicted molar refractivity (Wildman–Crippen MR) is 80.4 cm³/mol. The van der Waals surface area contributed by atoms with Crippen molar-refractivity contribution in [1.82, 2.24) is 0 Å². The van der Waals surface area contributed by atoms with Crippen molar-refractivity contribution in [3.8, 4) is 11.8 Å². The molecule has 0 amide bonds. The summed E-state index contributed by atoms with van der Waals surface area (Å²) in [5.41, 5.74) is 7.75. The lowest BCUT2D eigenvalue weighted by Crippen LogP contribution is -1.98. The lowest BCUT2D eigenvalue weighted by molar-refractivity contribution is 0.193. The fourth-order valence-electron chi connectivity index (χ4n) is 2.12. The van der Waals surface area contributed by atoms with Crippen LogP contribution in [0.5, 0.6) is 5.75 Å². The molecule has 0 heterocycles. The van der Waals surface area contributed by atoms with Crippen LogP contribution in [0.3, 0.4) is 0 Å². The summed E-state index contributed by atoms with van der Waals surface area (Å²) in [5.74, 6) is 0.300. The molecule has 20 heavy (non-hydrogen) atoms. The average Bonchev–Trinajstić information content (AvgIpc) is 2.48. The van der Waals surface area contributed by atoms with Crippen LogP contribution >= 0.6 is 0 Å². The molecule has 0 radical (unpaired) electrons. The van der Waals surface area contributed by atoms with E-state index >= 15 is 0 Å². The highest BCUT2D eigenvalue weighted by Gasteiger charge is 2.12. The second-order valence-electron chi connectivity index (χ2n) is 3.94. The number of nitrogens with zero attached hydrogens (tertiary/aromatic N) is 1. The zero-order valence-electron chi connectivity index (χ0n) is 12.0. The lowest BCUT2D eigenvalue weighted by atomic mass is 9.98. The van der Waals surface area contributed by atoms with Gasteiger partial charge in [-0.3, -0.25) is 0 Å². The Balaban J connectivity index is 0.000000956. The number of hydrogen-bond donors (Lipinski definition) is 1. The third-order valence-electron chi connectivity index (χ3n) is 2.87. The number of nitrogen functional groups attached to an aromatic ring is 1. The van der Waals surface area contributed by atoms with Crippen molar-refractivity contribution in [2.45, 2.75) is 27.2 Å². The minimum Gasteiger partial charge on any atom is -0.461 e. The smallest absolute Gasteiger partial charge is 0.228 e. The van der Waals surface area contributed by atoms with Gasteiger partial charge in [0.05, 0.1) is 5.56 Å². The summed E-state index contributed by atoms with van der Waals surface area (Å²) in [4.78, 5) is 0. The van der Waals surface area contributed by atoms with Crippen molar-refractivity contribution in [3.63, 3.8) is 0 Å². The first kappa shape index (κ1) is 15.8. The fourth-order valence-corrected chi connectivity index (χ4v) is 2.12. The van der Waals surface area contributed by atoms with Crippen molar-refractivity contribution in [1.29, 1.82) is 5.26 Å². The van der Waals surface area contributed by atoms with E-state index in [1.165, 1.54) is 0 Å². The monoisotopic (exact) mass is 274 g/mol. The Kier molecular flexibility index (Phi) is 5.79. The van der Waals surface area contributed by atoms with Gasteiger partial charge < -0.3 is 10.5 Å². The van der Waals surface area contributed by atoms with Gasteiger partial charge in [-0.05, 0) is 35.6 Å². The Hall–Kier alpha value is -2.28. The molecule has 4 heteroatoms. The first-order chi connectivity index (χ1) is 9.71. The molecule has 0 bridgehead atoms.